The second-order valence-electron chi connectivity index (χ2n) is 4.36. The summed E-state index contributed by atoms with van der Waals surface area (Å²) < 4.78 is 0.984. The number of halogens is 2. The molecule has 0 amide bonds. The van der Waals surface area contributed by atoms with Crippen LogP contribution in [0.25, 0.3) is 0 Å². The van der Waals surface area contributed by atoms with Gasteiger partial charge in [-0.2, -0.15) is 0 Å². The van der Waals surface area contributed by atoms with Crippen LogP contribution in [0.5, 0.6) is 0 Å². The summed E-state index contributed by atoms with van der Waals surface area (Å²) in [5, 5.41) is 0.716. The highest BCUT2D eigenvalue weighted by molar-refractivity contribution is 9.10. The van der Waals surface area contributed by atoms with E-state index in [1.54, 1.807) is 0 Å². The highest BCUT2D eigenvalue weighted by Crippen LogP contribution is 2.31. The molecule has 0 bridgehead atoms. The van der Waals surface area contributed by atoms with Gasteiger partial charge in [-0.1, -0.05) is 51.8 Å². The number of rotatable bonds is 4. The monoisotopic (exact) mass is 338 g/mol. The average Bonchev–Trinajstić information content (AvgIpc) is 2.42. The smallest absolute Gasteiger partial charge is 0.0672 e. The largest absolute Gasteiger partial charge is 0.366 e. The van der Waals surface area contributed by atoms with Crippen molar-refractivity contribution in [3.8, 4) is 0 Å². The highest BCUT2D eigenvalue weighted by Gasteiger charge is 2.18. The maximum atomic E-state index is 5.99. The summed E-state index contributed by atoms with van der Waals surface area (Å²) in [5.41, 5.74) is 8.23. The summed E-state index contributed by atoms with van der Waals surface area (Å²) in [6, 6.07) is 16.1. The normalized spacial score (nSPS) is 12.2. The van der Waals surface area contributed by atoms with Gasteiger partial charge in [-0.25, -0.2) is 0 Å². The molecule has 0 saturated heterocycles. The molecule has 1 atom stereocenters. The number of likely N-dealkylation sites (N-methyl/N-ethyl adjacent to an activating group) is 1. The number of benzene rings is 2. The lowest BCUT2D eigenvalue weighted by atomic mass is 10.1. The minimum absolute atomic E-state index is 0.106. The van der Waals surface area contributed by atoms with Crippen molar-refractivity contribution in [2.45, 2.75) is 6.04 Å². The maximum Gasteiger partial charge on any atom is 0.0672 e. The molecule has 0 heterocycles. The number of nitrogens with two attached hydrogens (primary N) is 1. The number of para-hydroxylation sites is 1. The molecule has 0 spiro atoms. The van der Waals surface area contributed by atoms with Crippen molar-refractivity contribution in [2.75, 3.05) is 18.5 Å². The third-order valence-corrected chi connectivity index (χ3v) is 4.10. The van der Waals surface area contributed by atoms with Crippen LogP contribution in [0.15, 0.2) is 53.0 Å². The molecule has 2 aromatic rings. The number of nitrogens with zero attached hydrogens (tertiary/aromatic N) is 1. The van der Waals surface area contributed by atoms with Gasteiger partial charge in [-0.15, -0.1) is 0 Å². The van der Waals surface area contributed by atoms with Crippen molar-refractivity contribution >= 4 is 33.2 Å². The number of hydrogen-bond acceptors (Lipinski definition) is 2. The van der Waals surface area contributed by atoms with Gasteiger partial charge in [-0.05, 0) is 29.8 Å². The van der Waals surface area contributed by atoms with Crippen molar-refractivity contribution in [3.05, 3.63) is 63.6 Å². The quantitative estimate of drug-likeness (QED) is 0.903. The van der Waals surface area contributed by atoms with Crippen LogP contribution >= 0.6 is 27.5 Å². The van der Waals surface area contributed by atoms with Crippen LogP contribution in [-0.2, 0) is 0 Å². The Bertz CT molecular complexity index is 545. The lowest BCUT2D eigenvalue weighted by molar-refractivity contribution is 0.678. The van der Waals surface area contributed by atoms with Crippen molar-refractivity contribution < 1.29 is 0 Å². The molecule has 0 aliphatic rings. The van der Waals surface area contributed by atoms with Crippen LogP contribution in [0.3, 0.4) is 0 Å². The zero-order chi connectivity index (χ0) is 13.8. The molecule has 2 rings (SSSR count). The van der Waals surface area contributed by atoms with Gasteiger partial charge >= 0.3 is 0 Å². The Balaban J connectivity index is 2.34. The molecule has 2 nitrogen and oxygen atoms in total. The van der Waals surface area contributed by atoms with Crippen LogP contribution in [0.4, 0.5) is 5.69 Å². The van der Waals surface area contributed by atoms with E-state index >= 15 is 0 Å². The minimum atomic E-state index is 0.106. The minimum Gasteiger partial charge on any atom is -0.366 e. The van der Waals surface area contributed by atoms with E-state index in [9.17, 15) is 0 Å². The predicted molar refractivity (Wildman–Crippen MR) is 85.8 cm³/mol. The van der Waals surface area contributed by atoms with Crippen LogP contribution in [0, 0.1) is 0 Å². The molecular formula is C15H16BrClN2. The third kappa shape index (κ3) is 3.30. The molecule has 2 aromatic carbocycles. The van der Waals surface area contributed by atoms with Crippen LogP contribution < -0.4 is 10.6 Å². The molecule has 0 aliphatic carbocycles. The molecule has 2 N–H and O–H groups in total. The van der Waals surface area contributed by atoms with E-state index in [-0.39, 0.29) is 6.04 Å². The van der Waals surface area contributed by atoms with Crippen LogP contribution in [0.1, 0.15) is 11.6 Å². The van der Waals surface area contributed by atoms with Crippen molar-refractivity contribution in [1.82, 2.24) is 0 Å². The Morgan fingerprint density at radius 3 is 2.47 bits per heavy atom. The fourth-order valence-electron chi connectivity index (χ4n) is 2.11. The molecule has 0 radical (unpaired) electrons. The Kier molecular flexibility index (Phi) is 4.86. The SMILES string of the molecule is CN(c1ccccc1)C(CN)c1ccc(Cl)cc1Br. The first kappa shape index (κ1) is 14.4. The summed E-state index contributed by atoms with van der Waals surface area (Å²) in [5.74, 6) is 0. The fourth-order valence-corrected chi connectivity index (χ4v) is 3.06. The zero-order valence-corrected chi connectivity index (χ0v) is 13.0. The number of hydrogen-bond donors (Lipinski definition) is 1. The van der Waals surface area contributed by atoms with E-state index < -0.39 is 0 Å². The summed E-state index contributed by atoms with van der Waals surface area (Å²) >= 11 is 9.55. The van der Waals surface area contributed by atoms with Gasteiger partial charge in [0.05, 0.1) is 6.04 Å². The van der Waals surface area contributed by atoms with E-state index in [0.717, 1.165) is 15.7 Å². The summed E-state index contributed by atoms with van der Waals surface area (Å²) in [7, 11) is 2.05. The van der Waals surface area contributed by atoms with Crippen molar-refractivity contribution in [2.24, 2.45) is 5.73 Å². The van der Waals surface area contributed by atoms with E-state index in [1.807, 2.05) is 43.4 Å². The first-order chi connectivity index (χ1) is 9.13. The van der Waals surface area contributed by atoms with E-state index in [4.69, 9.17) is 17.3 Å². The standard InChI is InChI=1S/C15H16BrClN2/c1-19(12-5-3-2-4-6-12)15(10-18)13-8-7-11(17)9-14(13)16/h2-9,15H,10,18H2,1H3. The van der Waals surface area contributed by atoms with Gasteiger partial charge in [0.2, 0.25) is 0 Å². The average molecular weight is 340 g/mol. The number of anilines is 1. The molecule has 0 aromatic heterocycles. The lowest BCUT2D eigenvalue weighted by Gasteiger charge is -2.30. The van der Waals surface area contributed by atoms with Crippen LogP contribution in [0.2, 0.25) is 5.02 Å². The molecule has 1 unspecified atom stereocenters. The van der Waals surface area contributed by atoms with E-state index in [0.29, 0.717) is 11.6 Å². The molecule has 0 aliphatic heterocycles. The first-order valence-electron chi connectivity index (χ1n) is 6.06. The highest BCUT2D eigenvalue weighted by atomic mass is 79.9. The molecular weight excluding hydrogens is 324 g/mol. The Hall–Kier alpha value is -1.03. The molecule has 0 saturated carbocycles. The van der Waals surface area contributed by atoms with Gasteiger partial charge in [0.25, 0.3) is 0 Å². The molecule has 19 heavy (non-hydrogen) atoms. The van der Waals surface area contributed by atoms with Gasteiger partial charge in [0, 0.05) is 28.8 Å². The summed E-state index contributed by atoms with van der Waals surface area (Å²) in [6.07, 6.45) is 0. The van der Waals surface area contributed by atoms with Crippen molar-refractivity contribution in [3.63, 3.8) is 0 Å². The molecule has 100 valence electrons. The molecule has 4 heteroatoms. The topological polar surface area (TPSA) is 29.3 Å². The van der Waals surface area contributed by atoms with Gasteiger partial charge < -0.3 is 10.6 Å². The van der Waals surface area contributed by atoms with Gasteiger partial charge in [0.15, 0.2) is 0 Å². The lowest BCUT2D eigenvalue weighted by Crippen LogP contribution is -2.30. The zero-order valence-electron chi connectivity index (χ0n) is 10.7. The van der Waals surface area contributed by atoms with E-state index in [1.165, 1.54) is 0 Å². The predicted octanol–water partition coefficient (Wildman–Crippen LogP) is 4.24. The molecule has 0 fully saturated rings. The summed E-state index contributed by atoms with van der Waals surface area (Å²) in [4.78, 5) is 2.17. The Morgan fingerprint density at radius 2 is 1.89 bits per heavy atom. The first-order valence-corrected chi connectivity index (χ1v) is 7.23. The van der Waals surface area contributed by atoms with Gasteiger partial charge in [0.1, 0.15) is 0 Å². The summed E-state index contributed by atoms with van der Waals surface area (Å²) in [6.45, 7) is 0.533. The van der Waals surface area contributed by atoms with E-state index in [2.05, 4.69) is 33.0 Å². The maximum absolute atomic E-state index is 5.99. The second-order valence-corrected chi connectivity index (χ2v) is 5.65. The second kappa shape index (κ2) is 6.42. The van der Waals surface area contributed by atoms with Gasteiger partial charge in [-0.3, -0.25) is 0 Å². The fraction of sp³-hybridized carbons (Fsp3) is 0.200. The Morgan fingerprint density at radius 1 is 1.21 bits per heavy atom. The Labute approximate surface area is 127 Å². The van der Waals surface area contributed by atoms with Crippen molar-refractivity contribution in [1.29, 1.82) is 0 Å². The van der Waals surface area contributed by atoms with Crippen LogP contribution in [-0.4, -0.2) is 13.6 Å². The third-order valence-electron chi connectivity index (χ3n) is 3.18.